The van der Waals surface area contributed by atoms with Crippen molar-refractivity contribution < 1.29 is 14.3 Å². The molecule has 150 valence electrons. The molecule has 0 aliphatic carbocycles. The van der Waals surface area contributed by atoms with E-state index in [-0.39, 0.29) is 11.8 Å². The number of hydrogen-bond acceptors (Lipinski definition) is 3. The second-order valence-electron chi connectivity index (χ2n) is 6.68. The van der Waals surface area contributed by atoms with Gasteiger partial charge < -0.3 is 15.0 Å². The van der Waals surface area contributed by atoms with E-state index in [0.29, 0.717) is 32.7 Å². The van der Waals surface area contributed by atoms with Crippen molar-refractivity contribution in [2.24, 2.45) is 0 Å². The lowest BCUT2D eigenvalue weighted by atomic mass is 10.0. The molecule has 5 heteroatoms. The standard InChI is InChI=1S/C23H30N2O3/c1-3-28-16-10-15-24-23(27)22(17-20-11-6-4-7-12-20)25(19(2)26)18-21-13-8-5-9-14-21/h4-9,11-14,22H,3,10,15-18H2,1-2H3,(H,24,27)/t22-/m0/s1. The van der Waals surface area contributed by atoms with Crippen LogP contribution in [-0.2, 0) is 27.3 Å². The predicted octanol–water partition coefficient (Wildman–Crippen LogP) is 3.19. The summed E-state index contributed by atoms with van der Waals surface area (Å²) in [5, 5.41) is 2.97. The van der Waals surface area contributed by atoms with Gasteiger partial charge in [-0.15, -0.1) is 0 Å². The molecule has 2 amide bonds. The average Bonchev–Trinajstić information content (AvgIpc) is 2.71. The summed E-state index contributed by atoms with van der Waals surface area (Å²) in [6.07, 6.45) is 1.22. The van der Waals surface area contributed by atoms with Gasteiger partial charge in [-0.25, -0.2) is 0 Å². The average molecular weight is 383 g/mol. The fourth-order valence-electron chi connectivity index (χ4n) is 3.05. The van der Waals surface area contributed by atoms with Gasteiger partial charge in [0.05, 0.1) is 0 Å². The number of amides is 2. The minimum absolute atomic E-state index is 0.116. The molecule has 1 N–H and O–H groups in total. The Morgan fingerprint density at radius 1 is 1.00 bits per heavy atom. The maximum atomic E-state index is 13.0. The number of carbonyl (C=O) groups excluding carboxylic acids is 2. The van der Waals surface area contributed by atoms with Crippen molar-refractivity contribution >= 4 is 11.8 Å². The van der Waals surface area contributed by atoms with Gasteiger partial charge >= 0.3 is 0 Å². The lowest BCUT2D eigenvalue weighted by Gasteiger charge is -2.30. The molecule has 0 fully saturated rings. The predicted molar refractivity (Wildman–Crippen MR) is 111 cm³/mol. The highest BCUT2D eigenvalue weighted by Gasteiger charge is 2.28. The molecule has 28 heavy (non-hydrogen) atoms. The first kappa shape index (κ1) is 21.6. The van der Waals surface area contributed by atoms with Gasteiger partial charge in [-0.1, -0.05) is 60.7 Å². The maximum absolute atomic E-state index is 13.0. The molecule has 0 saturated heterocycles. The van der Waals surface area contributed by atoms with Gasteiger partial charge in [0.25, 0.3) is 0 Å². The highest BCUT2D eigenvalue weighted by Crippen LogP contribution is 2.14. The van der Waals surface area contributed by atoms with E-state index in [9.17, 15) is 9.59 Å². The van der Waals surface area contributed by atoms with E-state index < -0.39 is 6.04 Å². The molecule has 0 heterocycles. The SMILES string of the molecule is CCOCCCNC(=O)[C@H](Cc1ccccc1)N(Cc1ccccc1)C(C)=O. The number of benzene rings is 2. The van der Waals surface area contributed by atoms with Crippen LogP contribution in [0.15, 0.2) is 60.7 Å². The molecular formula is C23H30N2O3. The molecule has 0 aliphatic rings. The molecule has 2 rings (SSSR count). The van der Waals surface area contributed by atoms with Gasteiger partial charge in [0.1, 0.15) is 6.04 Å². The second kappa shape index (κ2) is 11.9. The van der Waals surface area contributed by atoms with Crippen molar-refractivity contribution in [1.29, 1.82) is 0 Å². The fraction of sp³-hybridized carbons (Fsp3) is 0.391. The Morgan fingerprint density at radius 3 is 2.18 bits per heavy atom. The Balaban J connectivity index is 2.14. The van der Waals surface area contributed by atoms with E-state index in [0.717, 1.165) is 17.5 Å². The Labute approximate surface area is 167 Å². The van der Waals surface area contributed by atoms with Crippen molar-refractivity contribution in [2.75, 3.05) is 19.8 Å². The van der Waals surface area contributed by atoms with E-state index in [1.807, 2.05) is 67.6 Å². The first-order valence-electron chi connectivity index (χ1n) is 9.82. The first-order valence-corrected chi connectivity index (χ1v) is 9.82. The van der Waals surface area contributed by atoms with E-state index in [1.54, 1.807) is 4.90 Å². The van der Waals surface area contributed by atoms with Gasteiger partial charge in [0, 0.05) is 39.6 Å². The van der Waals surface area contributed by atoms with Crippen LogP contribution in [0.1, 0.15) is 31.4 Å². The summed E-state index contributed by atoms with van der Waals surface area (Å²) in [6.45, 7) is 5.67. The monoisotopic (exact) mass is 382 g/mol. The molecule has 0 spiro atoms. The minimum Gasteiger partial charge on any atom is -0.382 e. The number of ether oxygens (including phenoxy) is 1. The number of hydrogen-bond donors (Lipinski definition) is 1. The number of nitrogens with zero attached hydrogens (tertiary/aromatic N) is 1. The third-order valence-electron chi connectivity index (χ3n) is 4.52. The summed E-state index contributed by atoms with van der Waals surface area (Å²) in [5.74, 6) is -0.249. The third kappa shape index (κ3) is 7.16. The van der Waals surface area contributed by atoms with Gasteiger partial charge in [0.15, 0.2) is 0 Å². The minimum atomic E-state index is -0.563. The number of nitrogens with one attached hydrogen (secondary N) is 1. The van der Waals surface area contributed by atoms with Gasteiger partial charge in [-0.05, 0) is 24.5 Å². The molecular weight excluding hydrogens is 352 g/mol. The highest BCUT2D eigenvalue weighted by atomic mass is 16.5. The smallest absolute Gasteiger partial charge is 0.243 e. The number of rotatable bonds is 11. The van der Waals surface area contributed by atoms with Gasteiger partial charge in [0.2, 0.25) is 11.8 Å². The second-order valence-corrected chi connectivity index (χ2v) is 6.68. The van der Waals surface area contributed by atoms with E-state index in [2.05, 4.69) is 5.32 Å². The Kier molecular flexibility index (Phi) is 9.22. The molecule has 5 nitrogen and oxygen atoms in total. The maximum Gasteiger partial charge on any atom is 0.243 e. The van der Waals surface area contributed by atoms with Crippen molar-refractivity contribution in [3.8, 4) is 0 Å². The van der Waals surface area contributed by atoms with Crippen LogP contribution in [-0.4, -0.2) is 42.5 Å². The zero-order valence-corrected chi connectivity index (χ0v) is 16.8. The highest BCUT2D eigenvalue weighted by molar-refractivity contribution is 5.87. The summed E-state index contributed by atoms with van der Waals surface area (Å²) >= 11 is 0. The van der Waals surface area contributed by atoms with Crippen LogP contribution < -0.4 is 5.32 Å². The fourth-order valence-corrected chi connectivity index (χ4v) is 3.05. The molecule has 0 saturated carbocycles. The summed E-state index contributed by atoms with van der Waals surface area (Å²) in [5.41, 5.74) is 2.02. The zero-order valence-electron chi connectivity index (χ0n) is 16.8. The van der Waals surface area contributed by atoms with Crippen LogP contribution in [0.5, 0.6) is 0 Å². The largest absolute Gasteiger partial charge is 0.382 e. The number of carbonyl (C=O) groups is 2. The van der Waals surface area contributed by atoms with Crippen molar-refractivity contribution in [2.45, 2.75) is 39.3 Å². The summed E-state index contributed by atoms with van der Waals surface area (Å²) in [7, 11) is 0. The van der Waals surface area contributed by atoms with E-state index in [1.165, 1.54) is 6.92 Å². The van der Waals surface area contributed by atoms with E-state index >= 15 is 0 Å². The third-order valence-corrected chi connectivity index (χ3v) is 4.52. The van der Waals surface area contributed by atoms with Crippen LogP contribution in [0, 0.1) is 0 Å². The van der Waals surface area contributed by atoms with Crippen molar-refractivity contribution in [3.63, 3.8) is 0 Å². The Bertz CT molecular complexity index is 719. The summed E-state index contributed by atoms with van der Waals surface area (Å²) in [4.78, 5) is 27.0. The van der Waals surface area contributed by atoms with Crippen molar-refractivity contribution in [3.05, 3.63) is 71.8 Å². The van der Waals surface area contributed by atoms with Crippen LogP contribution in [0.25, 0.3) is 0 Å². The molecule has 0 aromatic heterocycles. The Hall–Kier alpha value is -2.66. The normalized spacial score (nSPS) is 11.6. The molecule has 2 aromatic rings. The Morgan fingerprint density at radius 2 is 1.61 bits per heavy atom. The quantitative estimate of drug-likeness (QED) is 0.607. The van der Waals surface area contributed by atoms with E-state index in [4.69, 9.17) is 4.74 Å². The van der Waals surface area contributed by atoms with Crippen LogP contribution in [0.2, 0.25) is 0 Å². The van der Waals surface area contributed by atoms with Crippen LogP contribution in [0.3, 0.4) is 0 Å². The summed E-state index contributed by atoms with van der Waals surface area (Å²) in [6, 6.07) is 19.0. The summed E-state index contributed by atoms with van der Waals surface area (Å²) < 4.78 is 5.32. The van der Waals surface area contributed by atoms with Gasteiger partial charge in [-0.2, -0.15) is 0 Å². The van der Waals surface area contributed by atoms with Gasteiger partial charge in [-0.3, -0.25) is 9.59 Å². The van der Waals surface area contributed by atoms with Crippen LogP contribution >= 0.6 is 0 Å². The molecule has 0 bridgehead atoms. The molecule has 0 radical (unpaired) electrons. The lowest BCUT2D eigenvalue weighted by Crippen LogP contribution is -2.50. The van der Waals surface area contributed by atoms with Crippen LogP contribution in [0.4, 0.5) is 0 Å². The van der Waals surface area contributed by atoms with Crippen molar-refractivity contribution in [1.82, 2.24) is 10.2 Å². The molecule has 2 aromatic carbocycles. The molecule has 0 unspecified atom stereocenters. The zero-order chi connectivity index (χ0) is 20.2. The first-order chi connectivity index (χ1) is 13.6. The lowest BCUT2D eigenvalue weighted by molar-refractivity contribution is -0.139. The topological polar surface area (TPSA) is 58.6 Å². The molecule has 0 aliphatic heterocycles. The molecule has 1 atom stereocenters.